The third kappa shape index (κ3) is 3.67. The summed E-state index contributed by atoms with van der Waals surface area (Å²) >= 11 is 0. The summed E-state index contributed by atoms with van der Waals surface area (Å²) in [4.78, 5) is 0. The zero-order valence-corrected chi connectivity index (χ0v) is 15.1. The molecule has 0 spiro atoms. The number of hydrogen-bond donors (Lipinski definition) is 3. The van der Waals surface area contributed by atoms with E-state index in [1.54, 1.807) is 19.1 Å². The molecule has 1 aromatic rings. The summed E-state index contributed by atoms with van der Waals surface area (Å²) in [6.45, 7) is 9.90. The van der Waals surface area contributed by atoms with Crippen molar-refractivity contribution >= 4 is 0 Å². The van der Waals surface area contributed by atoms with Crippen LogP contribution in [-0.4, -0.2) is 20.9 Å². The number of phenolic OH excluding ortho intramolecular Hbond substituents is 2. The Morgan fingerprint density at radius 2 is 1.88 bits per heavy atom. The molecule has 0 bridgehead atoms. The van der Waals surface area contributed by atoms with Gasteiger partial charge in [0, 0.05) is 11.5 Å². The van der Waals surface area contributed by atoms with Gasteiger partial charge in [-0.2, -0.15) is 0 Å². The van der Waals surface area contributed by atoms with E-state index >= 15 is 0 Å². The fourth-order valence-corrected chi connectivity index (χ4v) is 3.57. The number of hydrogen-bond acceptors (Lipinski definition) is 3. The standard InChI is InChI=1S/C21H30O3/c1-5-6-7-8-16-12-18(22)20(19(23)13-16)17-11-15(4)9-10-21(17,24)14(2)3/h11-13,17,22-24H,2,5-10H2,1,3-4H3/t17-,21-/m1/s1. The van der Waals surface area contributed by atoms with E-state index < -0.39 is 11.5 Å². The van der Waals surface area contributed by atoms with Crippen molar-refractivity contribution in [2.45, 2.75) is 70.8 Å². The molecule has 24 heavy (non-hydrogen) atoms. The van der Waals surface area contributed by atoms with Gasteiger partial charge in [-0.1, -0.05) is 38.0 Å². The first-order valence-electron chi connectivity index (χ1n) is 8.90. The molecular formula is C21H30O3. The van der Waals surface area contributed by atoms with E-state index in [-0.39, 0.29) is 11.5 Å². The van der Waals surface area contributed by atoms with Gasteiger partial charge in [-0.3, -0.25) is 0 Å². The molecule has 2 rings (SSSR count). The highest BCUT2D eigenvalue weighted by Crippen LogP contribution is 2.48. The van der Waals surface area contributed by atoms with Crippen molar-refractivity contribution in [3.05, 3.63) is 47.1 Å². The summed E-state index contributed by atoms with van der Waals surface area (Å²) in [6, 6.07) is 3.45. The Labute approximate surface area is 145 Å². The predicted molar refractivity (Wildman–Crippen MR) is 98.5 cm³/mol. The molecule has 0 saturated carbocycles. The number of unbranched alkanes of at least 4 members (excludes halogenated alkanes) is 2. The number of aliphatic hydroxyl groups is 1. The van der Waals surface area contributed by atoms with Crippen molar-refractivity contribution in [2.75, 3.05) is 0 Å². The van der Waals surface area contributed by atoms with Crippen LogP contribution < -0.4 is 0 Å². The number of benzene rings is 1. The Kier molecular flexibility index (Phi) is 5.76. The summed E-state index contributed by atoms with van der Waals surface area (Å²) < 4.78 is 0. The highest BCUT2D eigenvalue weighted by atomic mass is 16.3. The van der Waals surface area contributed by atoms with Gasteiger partial charge >= 0.3 is 0 Å². The predicted octanol–water partition coefficient (Wildman–Crippen LogP) is 4.96. The fraction of sp³-hybridized carbons (Fsp3) is 0.524. The van der Waals surface area contributed by atoms with Crippen molar-refractivity contribution in [1.29, 1.82) is 0 Å². The number of phenols is 2. The minimum Gasteiger partial charge on any atom is -0.507 e. The zero-order valence-electron chi connectivity index (χ0n) is 15.1. The third-order valence-corrected chi connectivity index (χ3v) is 5.18. The summed E-state index contributed by atoms with van der Waals surface area (Å²) in [6.07, 6.45) is 7.41. The summed E-state index contributed by atoms with van der Waals surface area (Å²) in [7, 11) is 0. The second-order valence-electron chi connectivity index (χ2n) is 7.20. The average Bonchev–Trinajstić information content (AvgIpc) is 2.50. The number of aryl methyl sites for hydroxylation is 1. The number of aromatic hydroxyl groups is 2. The van der Waals surface area contributed by atoms with E-state index in [4.69, 9.17) is 0 Å². The van der Waals surface area contributed by atoms with Gasteiger partial charge in [-0.25, -0.2) is 0 Å². The Hall–Kier alpha value is -1.74. The van der Waals surface area contributed by atoms with E-state index in [0.29, 0.717) is 17.6 Å². The third-order valence-electron chi connectivity index (χ3n) is 5.18. The van der Waals surface area contributed by atoms with E-state index in [9.17, 15) is 15.3 Å². The Balaban J connectivity index is 2.42. The van der Waals surface area contributed by atoms with Crippen LogP contribution in [0.1, 0.15) is 69.9 Å². The molecule has 1 aliphatic rings. The highest BCUT2D eigenvalue weighted by Gasteiger charge is 2.41. The Morgan fingerprint density at radius 1 is 1.25 bits per heavy atom. The molecule has 1 aliphatic carbocycles. The summed E-state index contributed by atoms with van der Waals surface area (Å²) in [5.74, 6) is -0.373. The smallest absolute Gasteiger partial charge is 0.123 e. The molecule has 0 radical (unpaired) electrons. The molecule has 0 saturated heterocycles. The SMILES string of the molecule is C=C(C)[C@]1(O)CCC(C)=C[C@@H]1c1c(O)cc(CCCCC)cc1O. The lowest BCUT2D eigenvalue weighted by atomic mass is 9.70. The molecular weight excluding hydrogens is 300 g/mol. The molecule has 0 aromatic heterocycles. The Bertz CT molecular complexity index is 621. The second-order valence-corrected chi connectivity index (χ2v) is 7.20. The minimum absolute atomic E-state index is 0.0529. The van der Waals surface area contributed by atoms with E-state index in [0.717, 1.165) is 43.2 Å². The first kappa shape index (κ1) is 18.6. The van der Waals surface area contributed by atoms with Crippen LogP contribution in [0.4, 0.5) is 0 Å². The maximum atomic E-state index is 11.1. The molecule has 2 atom stereocenters. The van der Waals surface area contributed by atoms with Crippen LogP contribution in [0.5, 0.6) is 11.5 Å². The van der Waals surface area contributed by atoms with Gasteiger partial charge in [0.25, 0.3) is 0 Å². The average molecular weight is 330 g/mol. The topological polar surface area (TPSA) is 60.7 Å². The van der Waals surface area contributed by atoms with Crippen LogP contribution in [0.3, 0.4) is 0 Å². The number of rotatable bonds is 6. The van der Waals surface area contributed by atoms with E-state index in [1.807, 2.05) is 13.0 Å². The van der Waals surface area contributed by atoms with Crippen molar-refractivity contribution < 1.29 is 15.3 Å². The molecule has 3 N–H and O–H groups in total. The molecule has 0 unspecified atom stereocenters. The molecule has 3 heteroatoms. The van der Waals surface area contributed by atoms with Crippen LogP contribution in [0.15, 0.2) is 35.9 Å². The van der Waals surface area contributed by atoms with Crippen LogP contribution in [0.2, 0.25) is 0 Å². The lowest BCUT2D eigenvalue weighted by Gasteiger charge is -2.39. The van der Waals surface area contributed by atoms with Crippen LogP contribution in [0.25, 0.3) is 0 Å². The van der Waals surface area contributed by atoms with Crippen molar-refractivity contribution in [1.82, 2.24) is 0 Å². The molecule has 3 nitrogen and oxygen atoms in total. The van der Waals surface area contributed by atoms with Gasteiger partial charge < -0.3 is 15.3 Å². The van der Waals surface area contributed by atoms with Gasteiger partial charge in [0.1, 0.15) is 11.5 Å². The van der Waals surface area contributed by atoms with Crippen molar-refractivity contribution in [3.8, 4) is 11.5 Å². The summed E-state index contributed by atoms with van der Waals surface area (Å²) in [5.41, 5.74) is 1.99. The van der Waals surface area contributed by atoms with Gasteiger partial charge in [0.15, 0.2) is 0 Å². The molecule has 0 heterocycles. The number of allylic oxidation sites excluding steroid dienone is 1. The first-order valence-corrected chi connectivity index (χ1v) is 8.90. The van der Waals surface area contributed by atoms with Gasteiger partial charge in [-0.15, -0.1) is 0 Å². The highest BCUT2D eigenvalue weighted by molar-refractivity contribution is 5.53. The molecule has 0 fully saturated rings. The maximum absolute atomic E-state index is 11.1. The van der Waals surface area contributed by atoms with E-state index in [1.165, 1.54) is 0 Å². The fourth-order valence-electron chi connectivity index (χ4n) is 3.57. The monoisotopic (exact) mass is 330 g/mol. The quantitative estimate of drug-likeness (QED) is 0.510. The van der Waals surface area contributed by atoms with Crippen LogP contribution in [-0.2, 0) is 6.42 Å². The largest absolute Gasteiger partial charge is 0.507 e. The van der Waals surface area contributed by atoms with Crippen LogP contribution in [0, 0.1) is 0 Å². The molecule has 0 amide bonds. The lowest BCUT2D eigenvalue weighted by molar-refractivity contribution is 0.0480. The minimum atomic E-state index is -1.14. The molecule has 1 aromatic carbocycles. The van der Waals surface area contributed by atoms with Crippen LogP contribution >= 0.6 is 0 Å². The Morgan fingerprint density at radius 3 is 2.42 bits per heavy atom. The lowest BCUT2D eigenvalue weighted by Crippen LogP contribution is -2.38. The maximum Gasteiger partial charge on any atom is 0.123 e. The zero-order chi connectivity index (χ0) is 17.9. The second kappa shape index (κ2) is 7.43. The summed E-state index contributed by atoms with van der Waals surface area (Å²) in [5, 5.41) is 32.2. The van der Waals surface area contributed by atoms with Gasteiger partial charge in [0.2, 0.25) is 0 Å². The van der Waals surface area contributed by atoms with Gasteiger partial charge in [0.05, 0.1) is 5.60 Å². The first-order chi connectivity index (χ1) is 11.3. The van der Waals surface area contributed by atoms with E-state index in [2.05, 4.69) is 13.5 Å². The normalized spacial score (nSPS) is 23.8. The molecule has 0 aliphatic heterocycles. The van der Waals surface area contributed by atoms with Gasteiger partial charge in [-0.05, 0) is 62.8 Å². The van der Waals surface area contributed by atoms with Crippen molar-refractivity contribution in [3.63, 3.8) is 0 Å². The van der Waals surface area contributed by atoms with Crippen molar-refractivity contribution in [2.24, 2.45) is 0 Å². The molecule has 132 valence electrons.